The molecule has 9 heteroatoms. The summed E-state index contributed by atoms with van der Waals surface area (Å²) < 4.78 is 39.0. The standard InChI is InChI=1S/C33H40ClFN2O4S/c1-19(20(2)42-39)24-14-25(15-24)32(40-3)27-10-7-23(27)18-37-17-22-8-11-28(34)31(35)26(22)6-4-5-13-41-30-12-9-21(33(36)38)16-29(30)37/h8-9,11-12,14,16,19-20,23-24,27,32H,4-7,10,13,15,17-18H2,1-3H3,(H-,36,38)/p+1/t19-,20-,23+,24-,27-,32+/m1/s1. The molecule has 5 rings (SSSR count). The fourth-order valence-corrected chi connectivity index (χ4v) is 7.29. The summed E-state index contributed by atoms with van der Waals surface area (Å²) in [6, 6.07) is 8.87. The van der Waals surface area contributed by atoms with Gasteiger partial charge < -0.3 is 20.1 Å². The van der Waals surface area contributed by atoms with Crippen LogP contribution in [0.25, 0.3) is 0 Å². The molecule has 0 spiro atoms. The quantitative estimate of drug-likeness (QED) is 0.250. The highest BCUT2D eigenvalue weighted by atomic mass is 35.5. The zero-order chi connectivity index (χ0) is 30.0. The normalized spacial score (nSPS) is 24.3. The Morgan fingerprint density at radius 3 is 2.69 bits per heavy atom. The monoisotopic (exact) mass is 615 g/mol. The lowest BCUT2D eigenvalue weighted by Gasteiger charge is -2.47. The van der Waals surface area contributed by atoms with Crippen LogP contribution in [0.3, 0.4) is 0 Å². The van der Waals surface area contributed by atoms with Crippen LogP contribution in [0.4, 0.5) is 10.1 Å². The molecule has 42 heavy (non-hydrogen) atoms. The molecular weight excluding hydrogens is 575 g/mol. The maximum absolute atomic E-state index is 15.3. The van der Waals surface area contributed by atoms with Crippen molar-refractivity contribution in [3.63, 3.8) is 0 Å². The van der Waals surface area contributed by atoms with Crippen molar-refractivity contribution >= 4 is 34.9 Å². The fraction of sp³-hybridized carbons (Fsp3) is 0.545. The molecule has 0 unspecified atom stereocenters. The highest BCUT2D eigenvalue weighted by Gasteiger charge is 2.44. The number of hydrogen-bond donors (Lipinski definition) is 1. The van der Waals surface area contributed by atoms with Crippen LogP contribution in [-0.2, 0) is 33.6 Å². The highest BCUT2D eigenvalue weighted by molar-refractivity contribution is 7.66. The van der Waals surface area contributed by atoms with Crippen LogP contribution in [0.1, 0.15) is 67.4 Å². The summed E-state index contributed by atoms with van der Waals surface area (Å²) in [5, 5.41) is 0.208. The van der Waals surface area contributed by atoms with Crippen molar-refractivity contribution in [2.24, 2.45) is 29.4 Å². The summed E-state index contributed by atoms with van der Waals surface area (Å²) in [6.07, 6.45) is 7.55. The first-order valence-electron chi connectivity index (χ1n) is 15.0. The van der Waals surface area contributed by atoms with Gasteiger partial charge in [-0.3, -0.25) is 4.79 Å². The maximum atomic E-state index is 15.3. The molecule has 2 N–H and O–H groups in total. The zero-order valence-electron chi connectivity index (χ0n) is 24.6. The maximum Gasteiger partial charge on any atom is 0.462 e. The summed E-state index contributed by atoms with van der Waals surface area (Å²) in [4.78, 5) is 14.4. The lowest BCUT2D eigenvalue weighted by atomic mass is 9.64. The Morgan fingerprint density at radius 1 is 1.24 bits per heavy atom. The van der Waals surface area contributed by atoms with Crippen molar-refractivity contribution in [3.8, 4) is 5.75 Å². The van der Waals surface area contributed by atoms with E-state index in [9.17, 15) is 9.00 Å². The third-order valence-corrected chi connectivity index (χ3v) is 10.7. The number of fused-ring (bicyclic) bond motifs is 2. The molecule has 2 aliphatic carbocycles. The summed E-state index contributed by atoms with van der Waals surface area (Å²) >= 11 is 6.89. The fourth-order valence-electron chi connectivity index (χ4n) is 6.73. The second-order valence-electron chi connectivity index (χ2n) is 12.2. The Labute approximate surface area is 257 Å². The smallest absolute Gasteiger partial charge is 0.462 e. The number of nitrogens with zero attached hydrogens (tertiary/aromatic N) is 1. The summed E-state index contributed by atoms with van der Waals surface area (Å²) in [5.41, 5.74) is 9.74. The molecule has 3 aliphatic rings. The molecule has 1 heterocycles. The Morgan fingerprint density at radius 2 is 2.02 bits per heavy atom. The van der Waals surface area contributed by atoms with E-state index in [0.717, 1.165) is 43.4 Å². The number of allylic oxidation sites excluding steroid dienone is 1. The van der Waals surface area contributed by atoms with Gasteiger partial charge in [-0.1, -0.05) is 30.7 Å². The Bertz CT molecular complexity index is 1350. The van der Waals surface area contributed by atoms with E-state index in [1.54, 1.807) is 25.3 Å². The predicted molar refractivity (Wildman–Crippen MR) is 166 cm³/mol. The van der Waals surface area contributed by atoms with Crippen molar-refractivity contribution < 1.29 is 22.9 Å². The minimum absolute atomic E-state index is 0.0301. The molecule has 226 valence electrons. The predicted octanol–water partition coefficient (Wildman–Crippen LogP) is 6.74. The van der Waals surface area contributed by atoms with Gasteiger partial charge in [0.25, 0.3) is 0 Å². The van der Waals surface area contributed by atoms with Crippen LogP contribution in [0.5, 0.6) is 5.75 Å². The number of amides is 1. The molecule has 2 aromatic carbocycles. The van der Waals surface area contributed by atoms with Crippen molar-refractivity contribution in [2.75, 3.05) is 25.2 Å². The van der Waals surface area contributed by atoms with Crippen LogP contribution >= 0.6 is 11.6 Å². The van der Waals surface area contributed by atoms with Crippen molar-refractivity contribution in [1.29, 1.82) is 0 Å². The molecule has 0 aromatic heterocycles. The van der Waals surface area contributed by atoms with Gasteiger partial charge in [0.05, 0.1) is 23.4 Å². The number of carbonyl (C=O) groups excluding carboxylic acids is 1. The number of halogens is 2. The van der Waals surface area contributed by atoms with Crippen LogP contribution in [0.2, 0.25) is 5.02 Å². The first-order chi connectivity index (χ1) is 20.2. The van der Waals surface area contributed by atoms with E-state index in [1.807, 2.05) is 19.1 Å². The van der Waals surface area contributed by atoms with Crippen molar-refractivity contribution in [1.82, 2.24) is 0 Å². The molecule has 6 atom stereocenters. The van der Waals surface area contributed by atoms with Crippen LogP contribution < -0.4 is 15.4 Å². The van der Waals surface area contributed by atoms with Gasteiger partial charge in [0, 0.05) is 35.9 Å². The average Bonchev–Trinajstić information content (AvgIpc) is 2.98. The van der Waals surface area contributed by atoms with Gasteiger partial charge in [0.15, 0.2) is 0 Å². The van der Waals surface area contributed by atoms with Gasteiger partial charge in [0.1, 0.15) is 11.6 Å². The van der Waals surface area contributed by atoms with Gasteiger partial charge in [-0.15, -0.1) is 0 Å². The Hall–Kier alpha value is -2.55. The number of rotatable bonds is 9. The molecule has 1 amide bonds. The van der Waals surface area contributed by atoms with Gasteiger partial charge in [-0.25, -0.2) is 4.39 Å². The SMILES string of the molecule is CO[C@@H](C1=C[C@@H]([C@H](C)[C@@H](C)[S+]=O)C1)[C@@H]1CC[C@H]1CN1Cc2ccc(Cl)c(F)c2CCCCOc2ccc(C(N)=O)cc21. The van der Waals surface area contributed by atoms with E-state index in [0.29, 0.717) is 78.3 Å². The van der Waals surface area contributed by atoms with E-state index in [-0.39, 0.29) is 22.2 Å². The molecule has 0 bridgehead atoms. The number of anilines is 1. The number of hydrogen-bond acceptors (Lipinski definition) is 5. The van der Waals surface area contributed by atoms with E-state index in [4.69, 9.17) is 26.8 Å². The number of benzene rings is 2. The molecule has 1 aliphatic heterocycles. The minimum atomic E-state index is -0.503. The minimum Gasteiger partial charge on any atom is -0.491 e. The second kappa shape index (κ2) is 13.4. The van der Waals surface area contributed by atoms with E-state index in [2.05, 4.69) is 17.9 Å². The van der Waals surface area contributed by atoms with E-state index < -0.39 is 5.91 Å². The van der Waals surface area contributed by atoms with Crippen molar-refractivity contribution in [2.45, 2.75) is 70.3 Å². The Balaban J connectivity index is 1.45. The van der Waals surface area contributed by atoms with Gasteiger partial charge in [-0.05, 0) is 104 Å². The van der Waals surface area contributed by atoms with E-state index in [1.165, 1.54) is 5.57 Å². The lowest BCUT2D eigenvalue weighted by Crippen LogP contribution is -2.46. The number of nitrogens with two attached hydrogens (primary N) is 1. The number of methoxy groups -OCH3 is 1. The van der Waals surface area contributed by atoms with Crippen LogP contribution in [0, 0.1) is 29.5 Å². The molecule has 0 radical (unpaired) electrons. The molecule has 0 saturated heterocycles. The lowest BCUT2D eigenvalue weighted by molar-refractivity contribution is -0.000313. The highest BCUT2D eigenvalue weighted by Crippen LogP contribution is 2.47. The number of ether oxygens (including phenoxy) is 2. The first-order valence-corrected chi connectivity index (χ1v) is 16.2. The topological polar surface area (TPSA) is 81.9 Å². The second-order valence-corrected chi connectivity index (χ2v) is 13.5. The summed E-state index contributed by atoms with van der Waals surface area (Å²) in [6.45, 7) is 5.80. The van der Waals surface area contributed by atoms with Gasteiger partial charge in [-0.2, -0.15) is 0 Å². The number of primary amides is 1. The summed E-state index contributed by atoms with van der Waals surface area (Å²) in [5.74, 6) is 1.25. The Kier molecular flexibility index (Phi) is 9.85. The summed E-state index contributed by atoms with van der Waals surface area (Å²) in [7, 11) is 1.78. The molecular formula is C33H41ClFN2O4S+. The number of carbonyl (C=O) groups is 1. The molecule has 6 nitrogen and oxygen atoms in total. The molecule has 2 aromatic rings. The third-order valence-electron chi connectivity index (χ3n) is 9.72. The molecule has 1 saturated carbocycles. The zero-order valence-corrected chi connectivity index (χ0v) is 26.2. The first kappa shape index (κ1) is 30.9. The molecule has 1 fully saturated rings. The van der Waals surface area contributed by atoms with E-state index >= 15 is 4.39 Å². The van der Waals surface area contributed by atoms with Gasteiger partial charge in [0.2, 0.25) is 11.2 Å². The average molecular weight is 616 g/mol. The largest absolute Gasteiger partial charge is 0.491 e. The third kappa shape index (κ3) is 6.36. The van der Waals surface area contributed by atoms with Crippen LogP contribution in [-0.4, -0.2) is 37.5 Å². The van der Waals surface area contributed by atoms with Crippen LogP contribution in [0.15, 0.2) is 42.0 Å². The van der Waals surface area contributed by atoms with Crippen molar-refractivity contribution in [3.05, 3.63) is 69.5 Å². The van der Waals surface area contributed by atoms with Gasteiger partial charge >= 0.3 is 11.7 Å².